The lowest BCUT2D eigenvalue weighted by atomic mass is 9.91. The van der Waals surface area contributed by atoms with Gasteiger partial charge in [0.15, 0.2) is 0 Å². The maximum atomic E-state index is 12.9. The number of amides is 1. The molecule has 3 rings (SSSR count). The molecule has 8 nitrogen and oxygen atoms in total. The van der Waals surface area contributed by atoms with E-state index in [9.17, 15) is 18.5 Å². The number of hydrogen-bond acceptors (Lipinski definition) is 6. The third kappa shape index (κ3) is 5.08. The van der Waals surface area contributed by atoms with Gasteiger partial charge in [0.1, 0.15) is 11.1 Å². The Balaban J connectivity index is 2.02. The van der Waals surface area contributed by atoms with E-state index >= 15 is 0 Å². The van der Waals surface area contributed by atoms with E-state index < -0.39 is 27.3 Å². The molecule has 32 heavy (non-hydrogen) atoms. The van der Waals surface area contributed by atoms with Gasteiger partial charge in [0.25, 0.3) is 0 Å². The minimum absolute atomic E-state index is 0.107. The zero-order chi connectivity index (χ0) is 23.7. The van der Waals surface area contributed by atoms with Crippen LogP contribution in [0.1, 0.15) is 38.8 Å². The van der Waals surface area contributed by atoms with Crippen molar-refractivity contribution in [3.63, 3.8) is 0 Å². The number of carbonyl (C=O) groups excluding carboxylic acids is 1. The van der Waals surface area contributed by atoms with Crippen LogP contribution in [0.4, 0.5) is 4.79 Å². The molecule has 1 amide bonds. The normalized spacial score (nSPS) is 20.1. The Labute approximate surface area is 188 Å². The minimum atomic E-state index is -3.75. The molecule has 2 aromatic carbocycles. The summed E-state index contributed by atoms with van der Waals surface area (Å²) >= 11 is 0. The van der Waals surface area contributed by atoms with E-state index in [-0.39, 0.29) is 11.7 Å². The molecule has 2 aromatic rings. The summed E-state index contributed by atoms with van der Waals surface area (Å²) in [7, 11) is -2.41. The molecule has 0 saturated heterocycles. The molecule has 0 fully saturated rings. The smallest absolute Gasteiger partial charge is 0.414 e. The number of sulfonamides is 1. The fourth-order valence-electron chi connectivity index (χ4n) is 3.37. The first-order chi connectivity index (χ1) is 14.8. The van der Waals surface area contributed by atoms with Gasteiger partial charge in [-0.25, -0.2) is 22.5 Å². The number of nitrogens with one attached hydrogen (secondary N) is 1. The fraction of sp³-hybridized carbons (Fsp3) is 0.348. The highest BCUT2D eigenvalue weighted by Gasteiger charge is 2.41. The Hall–Kier alpha value is -3.38. The van der Waals surface area contributed by atoms with Gasteiger partial charge < -0.3 is 4.74 Å². The van der Waals surface area contributed by atoms with Crippen LogP contribution in [0.2, 0.25) is 0 Å². The third-order valence-corrected chi connectivity index (χ3v) is 6.89. The maximum absolute atomic E-state index is 12.9. The molecule has 1 atom stereocenters. The first kappa shape index (κ1) is 23.3. The predicted octanol–water partition coefficient (Wildman–Crippen LogP) is 3.60. The lowest BCUT2D eigenvalue weighted by molar-refractivity contribution is 0.0559. The largest absolute Gasteiger partial charge is 0.444 e. The van der Waals surface area contributed by atoms with Crippen LogP contribution in [0.5, 0.6) is 0 Å². The summed E-state index contributed by atoms with van der Waals surface area (Å²) in [6, 6.07) is 16.6. The van der Waals surface area contributed by atoms with Crippen LogP contribution in [0.3, 0.4) is 0 Å². The SMILES string of the molecule is CN1C(NC(=O)OC(C)(C)C)=N[C@](C)(c2cccc(-c3cccc(C#N)c3)c2)CS1(=O)=O. The van der Waals surface area contributed by atoms with Gasteiger partial charge in [-0.3, -0.25) is 5.32 Å². The highest BCUT2D eigenvalue weighted by molar-refractivity contribution is 7.89. The van der Waals surface area contributed by atoms with Gasteiger partial charge >= 0.3 is 6.09 Å². The second-order valence-electron chi connectivity index (χ2n) is 8.83. The van der Waals surface area contributed by atoms with E-state index in [1.54, 1.807) is 52.0 Å². The van der Waals surface area contributed by atoms with Gasteiger partial charge in [-0.05, 0) is 62.6 Å². The van der Waals surface area contributed by atoms with Crippen LogP contribution in [0.15, 0.2) is 53.5 Å². The molecular formula is C23H26N4O4S. The Morgan fingerprint density at radius 3 is 2.44 bits per heavy atom. The quantitative estimate of drug-likeness (QED) is 0.745. The van der Waals surface area contributed by atoms with E-state index in [1.165, 1.54) is 7.05 Å². The highest BCUT2D eigenvalue weighted by Crippen LogP contribution is 2.34. The number of rotatable bonds is 2. The number of ether oxygens (including phenoxy) is 1. The lowest BCUT2D eigenvalue weighted by Gasteiger charge is -2.36. The van der Waals surface area contributed by atoms with E-state index in [4.69, 9.17) is 4.74 Å². The number of carbonyl (C=O) groups is 1. The fourth-order valence-corrected chi connectivity index (χ4v) is 4.86. The van der Waals surface area contributed by atoms with Crippen LogP contribution >= 0.6 is 0 Å². The number of aliphatic imine (C=N–C) groups is 1. The molecule has 1 N–H and O–H groups in total. The zero-order valence-corrected chi connectivity index (χ0v) is 19.5. The van der Waals surface area contributed by atoms with Crippen LogP contribution in [0.25, 0.3) is 11.1 Å². The van der Waals surface area contributed by atoms with E-state index in [2.05, 4.69) is 16.4 Å². The Bertz CT molecular complexity index is 1230. The van der Waals surface area contributed by atoms with Gasteiger partial charge in [-0.15, -0.1) is 0 Å². The Morgan fingerprint density at radius 1 is 1.19 bits per heavy atom. The van der Waals surface area contributed by atoms with Crippen molar-refractivity contribution in [2.75, 3.05) is 12.8 Å². The molecule has 0 spiro atoms. The summed E-state index contributed by atoms with van der Waals surface area (Å²) in [5.41, 5.74) is 0.973. The molecule has 0 saturated carbocycles. The summed E-state index contributed by atoms with van der Waals surface area (Å²) in [5, 5.41) is 11.6. The standard InChI is InChI=1S/C23H26N4O4S/c1-22(2,3)31-21(28)25-20-26-23(4,15-32(29,30)27(20)5)19-11-7-10-18(13-19)17-9-6-8-16(12-17)14-24/h6-13H,15H2,1-5H3,(H,25,26,28)/t23-/m0/s1. The van der Waals surface area contributed by atoms with E-state index in [0.29, 0.717) is 11.1 Å². The predicted molar refractivity (Wildman–Crippen MR) is 122 cm³/mol. The monoisotopic (exact) mass is 454 g/mol. The summed E-state index contributed by atoms with van der Waals surface area (Å²) in [4.78, 5) is 16.9. The van der Waals surface area contributed by atoms with Crippen molar-refractivity contribution < 1.29 is 17.9 Å². The van der Waals surface area contributed by atoms with Crippen LogP contribution in [0, 0.1) is 11.3 Å². The maximum Gasteiger partial charge on any atom is 0.414 e. The summed E-state index contributed by atoms with van der Waals surface area (Å²) in [6.45, 7) is 6.85. The van der Waals surface area contributed by atoms with Crippen molar-refractivity contribution in [3.05, 3.63) is 59.7 Å². The average molecular weight is 455 g/mol. The average Bonchev–Trinajstić information content (AvgIpc) is 2.70. The molecular weight excluding hydrogens is 428 g/mol. The van der Waals surface area contributed by atoms with Crippen LogP contribution < -0.4 is 5.32 Å². The molecule has 0 aromatic heterocycles. The number of nitriles is 1. The number of guanidine groups is 1. The molecule has 9 heteroatoms. The zero-order valence-electron chi connectivity index (χ0n) is 18.7. The number of nitrogens with zero attached hydrogens (tertiary/aromatic N) is 3. The molecule has 1 heterocycles. The molecule has 0 unspecified atom stereocenters. The lowest BCUT2D eigenvalue weighted by Crippen LogP contribution is -2.54. The molecule has 0 bridgehead atoms. The van der Waals surface area contributed by atoms with Crippen molar-refractivity contribution in [2.45, 2.75) is 38.8 Å². The number of alkyl carbamates (subject to hydrolysis) is 1. The third-order valence-electron chi connectivity index (χ3n) is 4.95. The molecule has 1 aliphatic heterocycles. The molecule has 168 valence electrons. The topological polar surface area (TPSA) is 112 Å². The highest BCUT2D eigenvalue weighted by atomic mass is 32.2. The van der Waals surface area contributed by atoms with Crippen molar-refractivity contribution in [2.24, 2.45) is 4.99 Å². The van der Waals surface area contributed by atoms with E-state index in [0.717, 1.165) is 15.4 Å². The summed E-state index contributed by atoms with van der Waals surface area (Å²) < 4.78 is 32.0. The number of hydrogen-bond donors (Lipinski definition) is 1. The summed E-state index contributed by atoms with van der Waals surface area (Å²) in [6.07, 6.45) is -0.787. The Morgan fingerprint density at radius 2 is 1.81 bits per heavy atom. The molecule has 1 aliphatic rings. The second kappa shape index (κ2) is 8.28. The van der Waals surface area contributed by atoms with Crippen molar-refractivity contribution in [3.8, 4) is 17.2 Å². The second-order valence-corrected chi connectivity index (χ2v) is 10.8. The van der Waals surface area contributed by atoms with Crippen molar-refractivity contribution >= 4 is 22.1 Å². The van der Waals surface area contributed by atoms with E-state index in [1.807, 2.05) is 24.3 Å². The molecule has 0 aliphatic carbocycles. The van der Waals surface area contributed by atoms with Gasteiger partial charge in [0.05, 0.1) is 17.4 Å². The van der Waals surface area contributed by atoms with Crippen LogP contribution in [-0.4, -0.2) is 43.2 Å². The minimum Gasteiger partial charge on any atom is -0.444 e. The number of benzene rings is 2. The van der Waals surface area contributed by atoms with Gasteiger partial charge in [-0.2, -0.15) is 5.26 Å². The van der Waals surface area contributed by atoms with Crippen LogP contribution in [-0.2, 0) is 20.3 Å². The first-order valence-corrected chi connectivity index (χ1v) is 11.6. The van der Waals surface area contributed by atoms with Crippen molar-refractivity contribution in [1.82, 2.24) is 9.62 Å². The van der Waals surface area contributed by atoms with Gasteiger partial charge in [0.2, 0.25) is 16.0 Å². The summed E-state index contributed by atoms with van der Waals surface area (Å²) in [5.74, 6) is -0.373. The van der Waals surface area contributed by atoms with Gasteiger partial charge in [-0.1, -0.05) is 30.3 Å². The Kier molecular flexibility index (Phi) is 6.03. The first-order valence-electron chi connectivity index (χ1n) is 10.0. The van der Waals surface area contributed by atoms with Gasteiger partial charge in [0, 0.05) is 7.05 Å². The molecule has 0 radical (unpaired) electrons. The van der Waals surface area contributed by atoms with Crippen molar-refractivity contribution in [1.29, 1.82) is 5.26 Å².